The fourth-order valence-corrected chi connectivity index (χ4v) is 5.52. The largest absolute Gasteiger partial charge is 0.354 e. The molecule has 0 saturated carbocycles. The molecule has 0 aliphatic heterocycles. The molecule has 1 atom stereocenters. The summed E-state index contributed by atoms with van der Waals surface area (Å²) in [6.45, 7) is 3.72. The van der Waals surface area contributed by atoms with Gasteiger partial charge in [-0.25, -0.2) is 8.42 Å². The van der Waals surface area contributed by atoms with E-state index in [2.05, 4.69) is 5.32 Å². The zero-order chi connectivity index (χ0) is 30.3. The van der Waals surface area contributed by atoms with Gasteiger partial charge in [0.2, 0.25) is 21.8 Å². The predicted molar refractivity (Wildman–Crippen MR) is 167 cm³/mol. The molecule has 12 heteroatoms. The molecule has 0 aliphatic rings. The summed E-state index contributed by atoms with van der Waals surface area (Å²) in [6, 6.07) is 17.5. The first-order chi connectivity index (χ1) is 19.3. The van der Waals surface area contributed by atoms with E-state index in [1.807, 2.05) is 44.2 Å². The van der Waals surface area contributed by atoms with Crippen molar-refractivity contribution >= 4 is 73.9 Å². The third kappa shape index (κ3) is 9.51. The number of sulfonamides is 1. The molecule has 0 aliphatic carbocycles. The monoisotopic (exact) mass is 657 g/mol. The number of rotatable bonds is 12. The summed E-state index contributed by atoms with van der Waals surface area (Å²) in [5, 5.41) is 3.92. The van der Waals surface area contributed by atoms with Gasteiger partial charge in [0, 0.05) is 19.5 Å². The fraction of sp³-hybridized carbons (Fsp3) is 0.310. The van der Waals surface area contributed by atoms with Crippen LogP contribution in [0.25, 0.3) is 0 Å². The maximum atomic E-state index is 14.1. The number of nitrogens with zero attached hydrogens (tertiary/aromatic N) is 2. The minimum atomic E-state index is -3.94. The number of carbonyl (C=O) groups is 2. The first kappa shape index (κ1) is 33.0. The van der Waals surface area contributed by atoms with Gasteiger partial charge in [0.05, 0.1) is 32.0 Å². The maximum absolute atomic E-state index is 14.1. The van der Waals surface area contributed by atoms with Gasteiger partial charge in [-0.15, -0.1) is 0 Å². The zero-order valence-electron chi connectivity index (χ0n) is 22.8. The van der Waals surface area contributed by atoms with Crippen LogP contribution in [0.2, 0.25) is 20.1 Å². The standard InChI is InChI=1S/C29H31Cl4N3O4S/c1-19(2)16-34-29(38)27(14-20-7-5-4-6-8-20)35(17-21-9-11-23(30)25(32)13-21)28(37)18-36(41(3,39)40)22-10-12-24(31)26(33)15-22/h4-13,15,19,27H,14,16-18H2,1-3H3,(H,34,38)/t27-/m0/s1. The van der Waals surface area contributed by atoms with Crippen molar-refractivity contribution < 1.29 is 18.0 Å². The summed E-state index contributed by atoms with van der Waals surface area (Å²) in [5.74, 6) is -0.796. The van der Waals surface area contributed by atoms with Crippen LogP contribution < -0.4 is 9.62 Å². The van der Waals surface area contributed by atoms with Gasteiger partial charge in [-0.1, -0.05) is 96.6 Å². The molecule has 0 fully saturated rings. The highest BCUT2D eigenvalue weighted by Crippen LogP contribution is 2.29. The molecule has 7 nitrogen and oxygen atoms in total. The molecule has 0 aromatic heterocycles. The number of hydrogen-bond acceptors (Lipinski definition) is 4. The Bertz CT molecular complexity index is 1490. The number of anilines is 1. The fourth-order valence-electron chi connectivity index (χ4n) is 4.07. The van der Waals surface area contributed by atoms with Crippen LogP contribution in [0.4, 0.5) is 5.69 Å². The topological polar surface area (TPSA) is 86.8 Å². The number of nitrogens with one attached hydrogen (secondary N) is 1. The van der Waals surface area contributed by atoms with Crippen LogP contribution in [0.15, 0.2) is 66.7 Å². The molecule has 220 valence electrons. The van der Waals surface area contributed by atoms with Crippen molar-refractivity contribution in [1.29, 1.82) is 0 Å². The van der Waals surface area contributed by atoms with Crippen LogP contribution in [0.1, 0.15) is 25.0 Å². The Morgan fingerprint density at radius 2 is 1.44 bits per heavy atom. The third-order valence-electron chi connectivity index (χ3n) is 6.16. The summed E-state index contributed by atoms with van der Waals surface area (Å²) >= 11 is 24.6. The number of hydrogen-bond donors (Lipinski definition) is 1. The van der Waals surface area contributed by atoms with Crippen molar-refractivity contribution in [3.63, 3.8) is 0 Å². The highest BCUT2D eigenvalue weighted by Gasteiger charge is 2.33. The van der Waals surface area contributed by atoms with E-state index in [0.29, 0.717) is 17.1 Å². The molecular weight excluding hydrogens is 628 g/mol. The molecule has 0 saturated heterocycles. The Kier molecular flexibility index (Phi) is 11.8. The quantitative estimate of drug-likeness (QED) is 0.241. The molecule has 1 N–H and O–H groups in total. The summed E-state index contributed by atoms with van der Waals surface area (Å²) in [6.07, 6.45) is 1.19. The van der Waals surface area contributed by atoms with Crippen LogP contribution in [-0.2, 0) is 32.6 Å². The molecule has 0 unspecified atom stereocenters. The van der Waals surface area contributed by atoms with Crippen molar-refractivity contribution in [2.24, 2.45) is 5.92 Å². The second-order valence-electron chi connectivity index (χ2n) is 9.98. The molecule has 2 amide bonds. The Morgan fingerprint density at radius 1 is 0.829 bits per heavy atom. The van der Waals surface area contributed by atoms with E-state index in [-0.39, 0.29) is 45.5 Å². The van der Waals surface area contributed by atoms with Crippen molar-refractivity contribution in [2.75, 3.05) is 23.7 Å². The van der Waals surface area contributed by atoms with Crippen LogP contribution in [0.3, 0.4) is 0 Å². The van der Waals surface area contributed by atoms with E-state index in [0.717, 1.165) is 16.1 Å². The van der Waals surface area contributed by atoms with Gasteiger partial charge in [0.1, 0.15) is 12.6 Å². The normalized spacial score (nSPS) is 12.2. The molecule has 0 spiro atoms. The SMILES string of the molecule is CC(C)CNC(=O)[C@H](Cc1ccccc1)N(Cc1ccc(Cl)c(Cl)c1)C(=O)CN(c1ccc(Cl)c(Cl)c1)S(C)(=O)=O. The Labute approximate surface area is 261 Å². The number of benzene rings is 3. The average Bonchev–Trinajstić information content (AvgIpc) is 2.91. The Morgan fingerprint density at radius 3 is 2.00 bits per heavy atom. The first-order valence-corrected chi connectivity index (χ1v) is 16.1. The number of halogens is 4. The molecule has 0 heterocycles. The van der Waals surface area contributed by atoms with Gasteiger partial charge < -0.3 is 10.2 Å². The zero-order valence-corrected chi connectivity index (χ0v) is 26.6. The van der Waals surface area contributed by atoms with Crippen molar-refractivity contribution in [3.05, 3.63) is 97.9 Å². The van der Waals surface area contributed by atoms with Gasteiger partial charge in [-0.05, 0) is 47.4 Å². The molecule has 3 aromatic rings. The average molecular weight is 659 g/mol. The lowest BCUT2D eigenvalue weighted by Crippen LogP contribution is -2.53. The van der Waals surface area contributed by atoms with Crippen LogP contribution in [0.5, 0.6) is 0 Å². The van der Waals surface area contributed by atoms with Crippen molar-refractivity contribution in [1.82, 2.24) is 10.2 Å². The summed E-state index contributed by atoms with van der Waals surface area (Å²) in [5.41, 5.74) is 1.60. The van der Waals surface area contributed by atoms with E-state index in [9.17, 15) is 18.0 Å². The van der Waals surface area contributed by atoms with E-state index in [1.165, 1.54) is 23.1 Å². The molecule has 3 aromatic carbocycles. The minimum Gasteiger partial charge on any atom is -0.354 e. The third-order valence-corrected chi connectivity index (χ3v) is 8.78. The lowest BCUT2D eigenvalue weighted by molar-refractivity contribution is -0.140. The van der Waals surface area contributed by atoms with E-state index in [1.54, 1.807) is 18.2 Å². The van der Waals surface area contributed by atoms with Gasteiger partial charge in [-0.3, -0.25) is 13.9 Å². The molecule has 41 heavy (non-hydrogen) atoms. The first-order valence-electron chi connectivity index (χ1n) is 12.7. The van der Waals surface area contributed by atoms with E-state index < -0.39 is 28.5 Å². The Balaban J connectivity index is 2.07. The van der Waals surface area contributed by atoms with Crippen LogP contribution in [0, 0.1) is 5.92 Å². The van der Waals surface area contributed by atoms with Crippen LogP contribution >= 0.6 is 46.4 Å². The lowest BCUT2D eigenvalue weighted by Gasteiger charge is -2.33. The van der Waals surface area contributed by atoms with Crippen LogP contribution in [-0.4, -0.2) is 50.5 Å². The second-order valence-corrected chi connectivity index (χ2v) is 13.5. The summed E-state index contributed by atoms with van der Waals surface area (Å²) < 4.78 is 26.7. The Hall–Kier alpha value is -2.49. The number of carbonyl (C=O) groups excluding carboxylic acids is 2. The van der Waals surface area contributed by atoms with Crippen molar-refractivity contribution in [3.8, 4) is 0 Å². The highest BCUT2D eigenvalue weighted by atomic mass is 35.5. The van der Waals surface area contributed by atoms with Gasteiger partial charge in [0.25, 0.3) is 0 Å². The molecule has 3 rings (SSSR count). The summed E-state index contributed by atoms with van der Waals surface area (Å²) in [4.78, 5) is 29.1. The van der Waals surface area contributed by atoms with E-state index in [4.69, 9.17) is 46.4 Å². The molecular formula is C29H31Cl4N3O4S. The molecule has 0 bridgehead atoms. The minimum absolute atomic E-state index is 0.0265. The highest BCUT2D eigenvalue weighted by molar-refractivity contribution is 7.92. The predicted octanol–water partition coefficient (Wildman–Crippen LogP) is 6.48. The summed E-state index contributed by atoms with van der Waals surface area (Å²) in [7, 11) is -3.94. The van der Waals surface area contributed by atoms with Crippen molar-refractivity contribution in [2.45, 2.75) is 32.9 Å². The number of amides is 2. The smallest absolute Gasteiger partial charge is 0.244 e. The van der Waals surface area contributed by atoms with Gasteiger partial charge >= 0.3 is 0 Å². The molecule has 0 radical (unpaired) electrons. The maximum Gasteiger partial charge on any atom is 0.244 e. The second kappa shape index (κ2) is 14.6. The van der Waals surface area contributed by atoms with Gasteiger partial charge in [-0.2, -0.15) is 0 Å². The lowest BCUT2D eigenvalue weighted by atomic mass is 10.0. The van der Waals surface area contributed by atoms with E-state index >= 15 is 0 Å². The van der Waals surface area contributed by atoms with Gasteiger partial charge in [0.15, 0.2) is 0 Å².